The van der Waals surface area contributed by atoms with Crippen LogP contribution in [-0.2, 0) is 22.6 Å². The van der Waals surface area contributed by atoms with Crippen molar-refractivity contribution in [3.05, 3.63) is 10.6 Å². The fourth-order valence-electron chi connectivity index (χ4n) is 2.38. The zero-order valence-electron chi connectivity index (χ0n) is 13.7. The summed E-state index contributed by atoms with van der Waals surface area (Å²) in [7, 11) is 1.72. The van der Waals surface area contributed by atoms with E-state index in [0.717, 1.165) is 37.1 Å². The van der Waals surface area contributed by atoms with Crippen LogP contribution in [0.25, 0.3) is 0 Å². The Hall–Kier alpha value is -0.690. The van der Waals surface area contributed by atoms with Crippen molar-refractivity contribution in [2.45, 2.75) is 52.4 Å². The van der Waals surface area contributed by atoms with Gasteiger partial charge in [0.25, 0.3) is 0 Å². The molecule has 0 aromatic carbocycles. The van der Waals surface area contributed by atoms with Crippen LogP contribution in [0.15, 0.2) is 0 Å². The predicted octanol–water partition coefficient (Wildman–Crippen LogP) is 2.40. The van der Waals surface area contributed by atoms with Gasteiger partial charge >= 0.3 is 0 Å². The lowest BCUT2D eigenvalue weighted by molar-refractivity contribution is 0.0643. The maximum atomic E-state index is 5.60. The van der Waals surface area contributed by atoms with Crippen LogP contribution in [0.4, 0.5) is 5.13 Å². The summed E-state index contributed by atoms with van der Waals surface area (Å²) in [6, 6.07) is 0.464. The standard InChI is InChI=1S/C15H27N3O2S/c1-11(2)16-8-13-12(9-19-5)17-14(21-13)18-6-7-20-10-15(18,3)4/h11,16H,6-10H2,1-5H3. The number of nitrogens with one attached hydrogen (secondary N) is 1. The molecular weight excluding hydrogens is 286 g/mol. The van der Waals surface area contributed by atoms with Gasteiger partial charge in [-0.05, 0) is 13.8 Å². The molecule has 1 aromatic heterocycles. The van der Waals surface area contributed by atoms with E-state index in [-0.39, 0.29) is 5.54 Å². The molecule has 1 N–H and O–H groups in total. The normalized spacial score (nSPS) is 18.5. The molecule has 1 aliphatic heterocycles. The Labute approximate surface area is 131 Å². The van der Waals surface area contributed by atoms with Crippen LogP contribution in [0.1, 0.15) is 38.3 Å². The van der Waals surface area contributed by atoms with E-state index in [4.69, 9.17) is 14.5 Å². The Morgan fingerprint density at radius 3 is 2.86 bits per heavy atom. The van der Waals surface area contributed by atoms with Crippen LogP contribution in [0.2, 0.25) is 0 Å². The second-order valence-corrected chi connectivity index (χ2v) is 7.41. The molecule has 1 saturated heterocycles. The van der Waals surface area contributed by atoms with Crippen molar-refractivity contribution in [3.8, 4) is 0 Å². The number of ether oxygens (including phenoxy) is 2. The number of nitrogens with zero attached hydrogens (tertiary/aromatic N) is 2. The monoisotopic (exact) mass is 313 g/mol. The smallest absolute Gasteiger partial charge is 0.186 e. The highest BCUT2D eigenvalue weighted by atomic mass is 32.1. The van der Waals surface area contributed by atoms with Crippen molar-refractivity contribution in [2.75, 3.05) is 31.8 Å². The first-order chi connectivity index (χ1) is 9.94. The first-order valence-corrected chi connectivity index (χ1v) is 8.32. The predicted molar refractivity (Wildman–Crippen MR) is 87.0 cm³/mol. The number of rotatable bonds is 6. The first-order valence-electron chi connectivity index (χ1n) is 7.50. The summed E-state index contributed by atoms with van der Waals surface area (Å²) in [6.45, 7) is 12.5. The van der Waals surface area contributed by atoms with Crippen molar-refractivity contribution < 1.29 is 9.47 Å². The van der Waals surface area contributed by atoms with Gasteiger partial charge < -0.3 is 19.7 Å². The van der Waals surface area contributed by atoms with Gasteiger partial charge in [0.15, 0.2) is 5.13 Å². The summed E-state index contributed by atoms with van der Waals surface area (Å²) in [5, 5.41) is 4.55. The van der Waals surface area contributed by atoms with E-state index in [2.05, 4.69) is 37.9 Å². The van der Waals surface area contributed by atoms with Crippen molar-refractivity contribution in [1.29, 1.82) is 0 Å². The van der Waals surface area contributed by atoms with Gasteiger partial charge in [-0.25, -0.2) is 4.98 Å². The minimum atomic E-state index is -0.0107. The first kappa shape index (κ1) is 16.7. The minimum absolute atomic E-state index is 0.0107. The van der Waals surface area contributed by atoms with Gasteiger partial charge in [-0.2, -0.15) is 0 Å². The largest absolute Gasteiger partial charge is 0.378 e. The van der Waals surface area contributed by atoms with E-state index in [0.29, 0.717) is 12.6 Å². The number of anilines is 1. The zero-order valence-corrected chi connectivity index (χ0v) is 14.5. The second kappa shape index (κ2) is 7.05. The Balaban J connectivity index is 2.21. The third-order valence-electron chi connectivity index (χ3n) is 3.59. The molecule has 1 aliphatic rings. The van der Waals surface area contributed by atoms with Crippen LogP contribution < -0.4 is 10.2 Å². The molecule has 1 aromatic rings. The molecule has 120 valence electrons. The summed E-state index contributed by atoms with van der Waals surface area (Å²) >= 11 is 1.77. The Kier molecular flexibility index (Phi) is 5.60. The third-order valence-corrected chi connectivity index (χ3v) is 4.72. The van der Waals surface area contributed by atoms with Crippen LogP contribution >= 0.6 is 11.3 Å². The minimum Gasteiger partial charge on any atom is -0.378 e. The van der Waals surface area contributed by atoms with Gasteiger partial charge in [-0.15, -0.1) is 11.3 Å². The van der Waals surface area contributed by atoms with E-state index >= 15 is 0 Å². The van der Waals surface area contributed by atoms with Gasteiger partial charge in [0.1, 0.15) is 0 Å². The van der Waals surface area contributed by atoms with E-state index in [1.54, 1.807) is 18.4 Å². The van der Waals surface area contributed by atoms with Crippen molar-refractivity contribution in [1.82, 2.24) is 10.3 Å². The molecule has 6 heteroatoms. The molecule has 21 heavy (non-hydrogen) atoms. The van der Waals surface area contributed by atoms with Gasteiger partial charge in [0.05, 0.1) is 31.1 Å². The molecule has 5 nitrogen and oxygen atoms in total. The number of methoxy groups -OCH3 is 1. The summed E-state index contributed by atoms with van der Waals surface area (Å²) in [5.74, 6) is 0. The molecule has 0 saturated carbocycles. The average Bonchev–Trinajstić information content (AvgIpc) is 2.79. The molecule has 0 atom stereocenters. The average molecular weight is 313 g/mol. The van der Waals surface area contributed by atoms with Gasteiger partial charge in [0, 0.05) is 31.1 Å². The van der Waals surface area contributed by atoms with Crippen molar-refractivity contribution in [3.63, 3.8) is 0 Å². The van der Waals surface area contributed by atoms with Crippen molar-refractivity contribution in [2.24, 2.45) is 0 Å². The number of thiazole rings is 1. The molecule has 1 fully saturated rings. The SMILES string of the molecule is COCc1nc(N2CCOCC2(C)C)sc1CNC(C)C. The molecule has 0 radical (unpaired) electrons. The summed E-state index contributed by atoms with van der Waals surface area (Å²) in [5.41, 5.74) is 1.04. The zero-order chi connectivity index (χ0) is 15.5. The molecule has 2 rings (SSSR count). The number of morpholine rings is 1. The maximum Gasteiger partial charge on any atom is 0.186 e. The van der Waals surface area contributed by atoms with Gasteiger partial charge in [0.2, 0.25) is 0 Å². The van der Waals surface area contributed by atoms with E-state index in [1.807, 2.05) is 0 Å². The summed E-state index contributed by atoms with van der Waals surface area (Å²) in [6.07, 6.45) is 0. The molecule has 0 amide bonds. The van der Waals surface area contributed by atoms with Gasteiger partial charge in [-0.3, -0.25) is 0 Å². The Morgan fingerprint density at radius 2 is 2.24 bits per heavy atom. The van der Waals surface area contributed by atoms with Crippen LogP contribution in [0.5, 0.6) is 0 Å². The highest BCUT2D eigenvalue weighted by Gasteiger charge is 2.33. The highest BCUT2D eigenvalue weighted by molar-refractivity contribution is 7.15. The topological polar surface area (TPSA) is 46.6 Å². The van der Waals surface area contributed by atoms with Crippen LogP contribution in [0.3, 0.4) is 0 Å². The summed E-state index contributed by atoms with van der Waals surface area (Å²) in [4.78, 5) is 8.45. The maximum absolute atomic E-state index is 5.60. The van der Waals surface area contributed by atoms with Crippen molar-refractivity contribution >= 4 is 16.5 Å². The molecular formula is C15H27N3O2S. The highest BCUT2D eigenvalue weighted by Crippen LogP contribution is 2.33. The number of hydrogen-bond acceptors (Lipinski definition) is 6. The lowest BCUT2D eigenvalue weighted by Crippen LogP contribution is -2.53. The quantitative estimate of drug-likeness (QED) is 0.874. The molecule has 0 bridgehead atoms. The van der Waals surface area contributed by atoms with Crippen LogP contribution in [-0.4, -0.2) is 43.4 Å². The second-order valence-electron chi connectivity index (χ2n) is 6.35. The summed E-state index contributed by atoms with van der Waals surface area (Å²) < 4.78 is 10.9. The third kappa shape index (κ3) is 4.16. The molecule has 0 spiro atoms. The molecule has 0 unspecified atom stereocenters. The fourth-order valence-corrected chi connectivity index (χ4v) is 3.59. The number of hydrogen-bond donors (Lipinski definition) is 1. The molecule has 0 aliphatic carbocycles. The molecule has 2 heterocycles. The lowest BCUT2D eigenvalue weighted by atomic mass is 10.0. The lowest BCUT2D eigenvalue weighted by Gasteiger charge is -2.42. The van der Waals surface area contributed by atoms with E-state index in [1.165, 1.54) is 4.88 Å². The van der Waals surface area contributed by atoms with Gasteiger partial charge in [-0.1, -0.05) is 13.8 Å². The Morgan fingerprint density at radius 1 is 1.48 bits per heavy atom. The Bertz CT molecular complexity index is 460. The fraction of sp³-hybridized carbons (Fsp3) is 0.800. The van der Waals surface area contributed by atoms with Crippen LogP contribution in [0, 0.1) is 0 Å². The van der Waals surface area contributed by atoms with E-state index in [9.17, 15) is 0 Å². The van der Waals surface area contributed by atoms with E-state index < -0.39 is 0 Å². The number of aromatic nitrogens is 1.